The summed E-state index contributed by atoms with van der Waals surface area (Å²) in [6.07, 6.45) is 0.806. The lowest BCUT2D eigenvalue weighted by atomic mass is 10.1. The maximum atomic E-state index is 12.3. The molecule has 0 bridgehead atoms. The molecule has 0 aliphatic rings. The monoisotopic (exact) mass is 374 g/mol. The van der Waals surface area contributed by atoms with Crippen LogP contribution in [-0.4, -0.2) is 49.4 Å². The van der Waals surface area contributed by atoms with Gasteiger partial charge in [-0.25, -0.2) is 4.98 Å². The number of hydrogen-bond acceptors (Lipinski definition) is 7. The average Bonchev–Trinajstić information content (AvgIpc) is 2.94. The molecule has 9 nitrogen and oxygen atoms in total. The minimum absolute atomic E-state index is 0.174. The largest absolute Gasteiger partial charge is 0.377 e. The molecule has 0 saturated carbocycles. The van der Waals surface area contributed by atoms with E-state index in [-0.39, 0.29) is 5.75 Å². The molecule has 0 spiro atoms. The van der Waals surface area contributed by atoms with Crippen molar-refractivity contribution in [3.8, 4) is 5.75 Å². The summed E-state index contributed by atoms with van der Waals surface area (Å²) in [4.78, 5) is 3.54. The normalized spacial score (nSPS) is 12.6. The van der Waals surface area contributed by atoms with E-state index in [0.29, 0.717) is 15.2 Å². The standard InChI is InChI=1S/C13H18N4O5S2/c1-9-6-10(2)12(11(3)7-9)22-23(18,19)13-14-8-17(15-13)24(20,21)16(4)5/h6-8H,1-5H3. The van der Waals surface area contributed by atoms with E-state index < -0.39 is 25.5 Å². The van der Waals surface area contributed by atoms with Gasteiger partial charge in [0.05, 0.1) is 0 Å². The van der Waals surface area contributed by atoms with Crippen molar-refractivity contribution in [1.82, 2.24) is 18.5 Å². The van der Waals surface area contributed by atoms with Gasteiger partial charge in [-0.1, -0.05) is 17.7 Å². The smallest absolute Gasteiger partial charge is 0.376 e. The summed E-state index contributed by atoms with van der Waals surface area (Å²) in [6.45, 7) is 5.31. The summed E-state index contributed by atoms with van der Waals surface area (Å²) >= 11 is 0. The van der Waals surface area contributed by atoms with Gasteiger partial charge in [-0.3, -0.25) is 0 Å². The highest BCUT2D eigenvalue weighted by molar-refractivity contribution is 7.87. The fraction of sp³-hybridized carbons (Fsp3) is 0.385. The molecule has 0 fully saturated rings. The molecule has 0 radical (unpaired) electrons. The highest BCUT2D eigenvalue weighted by Gasteiger charge is 2.27. The van der Waals surface area contributed by atoms with Crippen LogP contribution in [0.25, 0.3) is 0 Å². The first-order valence-electron chi connectivity index (χ1n) is 6.82. The van der Waals surface area contributed by atoms with Crippen molar-refractivity contribution in [3.63, 3.8) is 0 Å². The third-order valence-electron chi connectivity index (χ3n) is 3.17. The van der Waals surface area contributed by atoms with Crippen LogP contribution in [0.2, 0.25) is 0 Å². The molecule has 1 heterocycles. The lowest BCUT2D eigenvalue weighted by molar-refractivity contribution is 0.472. The second kappa shape index (κ2) is 6.15. The minimum atomic E-state index is -4.36. The summed E-state index contributed by atoms with van der Waals surface area (Å²) in [7, 11) is -5.73. The first kappa shape index (κ1) is 18.4. The first-order valence-corrected chi connectivity index (χ1v) is 9.62. The molecule has 1 aromatic carbocycles. The van der Waals surface area contributed by atoms with Gasteiger partial charge in [-0.2, -0.15) is 21.1 Å². The van der Waals surface area contributed by atoms with Gasteiger partial charge in [0.25, 0.3) is 0 Å². The Morgan fingerprint density at radius 3 is 2.08 bits per heavy atom. The Morgan fingerprint density at radius 2 is 1.58 bits per heavy atom. The molecule has 2 rings (SSSR count). The van der Waals surface area contributed by atoms with Crippen LogP contribution >= 0.6 is 0 Å². The van der Waals surface area contributed by atoms with Crippen LogP contribution in [0.5, 0.6) is 5.75 Å². The van der Waals surface area contributed by atoms with Crippen molar-refractivity contribution >= 4 is 20.3 Å². The zero-order valence-corrected chi connectivity index (χ0v) is 15.5. The topological polar surface area (TPSA) is 111 Å². The Morgan fingerprint density at radius 1 is 1.04 bits per heavy atom. The fourth-order valence-corrected chi connectivity index (χ4v) is 3.73. The molecule has 0 N–H and O–H groups in total. The zero-order chi connectivity index (χ0) is 18.3. The third-order valence-corrected chi connectivity index (χ3v) is 5.76. The van der Waals surface area contributed by atoms with Crippen molar-refractivity contribution in [2.24, 2.45) is 0 Å². The second-order valence-electron chi connectivity index (χ2n) is 5.46. The molecule has 0 aliphatic carbocycles. The van der Waals surface area contributed by atoms with Crippen molar-refractivity contribution in [3.05, 3.63) is 35.2 Å². The number of benzene rings is 1. The molecule has 11 heteroatoms. The summed E-state index contributed by atoms with van der Waals surface area (Å²) in [5, 5.41) is 2.78. The van der Waals surface area contributed by atoms with Crippen molar-refractivity contribution in [2.75, 3.05) is 14.1 Å². The van der Waals surface area contributed by atoms with E-state index in [1.54, 1.807) is 26.0 Å². The van der Waals surface area contributed by atoms with Gasteiger partial charge in [-0.05, 0) is 31.9 Å². The molecule has 0 amide bonds. The highest BCUT2D eigenvalue weighted by atomic mass is 32.2. The predicted octanol–water partition coefficient (Wildman–Crippen LogP) is 0.626. The summed E-state index contributed by atoms with van der Waals surface area (Å²) in [5.41, 5.74) is 2.24. The summed E-state index contributed by atoms with van der Waals surface area (Å²) in [6, 6.07) is 3.56. The molecule has 1 aromatic heterocycles. The van der Waals surface area contributed by atoms with Gasteiger partial charge in [0.15, 0.2) is 0 Å². The minimum Gasteiger partial charge on any atom is -0.376 e. The zero-order valence-electron chi connectivity index (χ0n) is 13.9. The fourth-order valence-electron chi connectivity index (χ4n) is 2.07. The molecule has 132 valence electrons. The number of rotatable bonds is 5. The van der Waals surface area contributed by atoms with Gasteiger partial charge in [-0.15, -0.1) is 9.19 Å². The number of aromatic nitrogens is 3. The van der Waals surface area contributed by atoms with Crippen LogP contribution in [0.3, 0.4) is 0 Å². The van der Waals surface area contributed by atoms with E-state index in [1.807, 2.05) is 6.92 Å². The molecule has 0 unspecified atom stereocenters. The van der Waals surface area contributed by atoms with Crippen LogP contribution in [0.15, 0.2) is 23.6 Å². The molecular formula is C13H18N4O5S2. The summed E-state index contributed by atoms with van der Waals surface area (Å²) in [5.74, 6) is 0.174. The van der Waals surface area contributed by atoms with Gasteiger partial charge in [0.1, 0.15) is 12.1 Å². The lowest BCUT2D eigenvalue weighted by Gasteiger charge is -2.11. The Hall–Kier alpha value is -1.98. The van der Waals surface area contributed by atoms with Gasteiger partial charge in [0, 0.05) is 14.1 Å². The number of hydrogen-bond donors (Lipinski definition) is 0. The molecule has 2 aromatic rings. The Bertz CT molecular complexity index is 955. The predicted molar refractivity (Wildman–Crippen MR) is 86.5 cm³/mol. The van der Waals surface area contributed by atoms with Crippen LogP contribution in [-0.2, 0) is 20.3 Å². The van der Waals surface area contributed by atoms with E-state index in [4.69, 9.17) is 4.18 Å². The Labute approximate surface area is 141 Å². The van der Waals surface area contributed by atoms with Crippen molar-refractivity contribution in [2.45, 2.75) is 25.9 Å². The maximum Gasteiger partial charge on any atom is 0.377 e. The summed E-state index contributed by atoms with van der Waals surface area (Å²) < 4.78 is 55.0. The molecule has 0 atom stereocenters. The van der Waals surface area contributed by atoms with Crippen molar-refractivity contribution < 1.29 is 21.0 Å². The molecule has 0 aliphatic heterocycles. The highest BCUT2D eigenvalue weighted by Crippen LogP contribution is 2.27. The molecule has 24 heavy (non-hydrogen) atoms. The third kappa shape index (κ3) is 3.42. The van der Waals surface area contributed by atoms with Crippen LogP contribution in [0, 0.1) is 20.8 Å². The van der Waals surface area contributed by atoms with E-state index in [1.165, 1.54) is 14.1 Å². The number of aryl methyl sites for hydroxylation is 3. The second-order valence-corrected chi connectivity index (χ2v) is 8.90. The van der Waals surface area contributed by atoms with E-state index in [0.717, 1.165) is 16.2 Å². The first-order chi connectivity index (χ1) is 10.9. The van der Waals surface area contributed by atoms with Gasteiger partial charge < -0.3 is 4.18 Å². The Balaban J connectivity index is 2.42. The van der Waals surface area contributed by atoms with E-state index >= 15 is 0 Å². The lowest BCUT2D eigenvalue weighted by Crippen LogP contribution is -2.29. The number of nitrogens with zero attached hydrogens (tertiary/aromatic N) is 4. The maximum absolute atomic E-state index is 12.3. The molecule has 0 saturated heterocycles. The average molecular weight is 374 g/mol. The van der Waals surface area contributed by atoms with E-state index in [2.05, 4.69) is 10.1 Å². The van der Waals surface area contributed by atoms with E-state index in [9.17, 15) is 16.8 Å². The van der Waals surface area contributed by atoms with Crippen LogP contribution < -0.4 is 4.18 Å². The van der Waals surface area contributed by atoms with Crippen LogP contribution in [0.4, 0.5) is 0 Å². The van der Waals surface area contributed by atoms with Gasteiger partial charge >= 0.3 is 25.5 Å². The SMILES string of the molecule is Cc1cc(C)c(OS(=O)(=O)c2ncn(S(=O)(=O)N(C)C)n2)c(C)c1. The Kier molecular flexibility index (Phi) is 4.70. The molecular weight excluding hydrogens is 356 g/mol. The van der Waals surface area contributed by atoms with Gasteiger partial charge in [0.2, 0.25) is 0 Å². The van der Waals surface area contributed by atoms with Crippen molar-refractivity contribution in [1.29, 1.82) is 0 Å². The van der Waals surface area contributed by atoms with Crippen LogP contribution in [0.1, 0.15) is 16.7 Å². The quantitative estimate of drug-likeness (QED) is 0.705.